The number of amides is 2. The Kier molecular flexibility index (Phi) is 10.8. The van der Waals surface area contributed by atoms with Gasteiger partial charge in [0, 0.05) is 0 Å². The summed E-state index contributed by atoms with van der Waals surface area (Å²) in [6.07, 6.45) is 4.77. The molecule has 8 nitrogen and oxygen atoms in total. The van der Waals surface area contributed by atoms with E-state index in [1.165, 1.54) is 6.42 Å². The summed E-state index contributed by atoms with van der Waals surface area (Å²) in [7, 11) is 0. The van der Waals surface area contributed by atoms with E-state index in [4.69, 9.17) is 9.47 Å². The summed E-state index contributed by atoms with van der Waals surface area (Å²) in [4.78, 5) is 37.8. The predicted molar refractivity (Wildman–Crippen MR) is 133 cm³/mol. The minimum Gasteiger partial charge on any atom is -0.461 e. The molecule has 2 aromatic carbocycles. The van der Waals surface area contributed by atoms with Crippen molar-refractivity contribution in [2.75, 3.05) is 0 Å². The Morgan fingerprint density at radius 2 is 1.44 bits per heavy atom. The summed E-state index contributed by atoms with van der Waals surface area (Å²) in [5, 5.41) is 14.8. The molecule has 0 heterocycles. The van der Waals surface area contributed by atoms with E-state index in [0.29, 0.717) is 12.3 Å². The summed E-state index contributed by atoms with van der Waals surface area (Å²) in [5.41, 5.74) is 1.66. The average Bonchev–Trinajstić information content (AvgIpc) is 2.91. The molecule has 0 unspecified atom stereocenters. The molecule has 0 saturated heterocycles. The fourth-order valence-electron chi connectivity index (χ4n) is 4.26. The van der Waals surface area contributed by atoms with Crippen molar-refractivity contribution in [3.63, 3.8) is 0 Å². The monoisotopic (exact) mass is 491 g/mol. The standard InChI is InChI=1S/C28H33N3O5/c29-18-24(17-26(32)35-19-22-12-6-2-7-13-22)30-27(33)25(16-21-10-4-1-5-11-21)31-28(34)36-20-23-14-8-3-9-15-23/h2-3,6-9,12-15,21,24-25H,1,4-5,10-11,16-17,19-20H2,(H,30,33)(H,31,34)/t24-,25-/m0/s1. The van der Waals surface area contributed by atoms with Gasteiger partial charge in [0.05, 0.1) is 12.5 Å². The van der Waals surface area contributed by atoms with E-state index >= 15 is 0 Å². The lowest BCUT2D eigenvalue weighted by molar-refractivity contribution is -0.145. The van der Waals surface area contributed by atoms with Crippen molar-refractivity contribution >= 4 is 18.0 Å². The molecule has 1 aliphatic carbocycles. The Labute approximate surface area is 212 Å². The van der Waals surface area contributed by atoms with Gasteiger partial charge < -0.3 is 20.1 Å². The van der Waals surface area contributed by atoms with Crippen LogP contribution in [0.5, 0.6) is 0 Å². The van der Waals surface area contributed by atoms with Crippen molar-refractivity contribution in [3.8, 4) is 6.07 Å². The van der Waals surface area contributed by atoms with Crippen molar-refractivity contribution in [2.45, 2.75) is 70.2 Å². The zero-order valence-corrected chi connectivity index (χ0v) is 20.4. The van der Waals surface area contributed by atoms with Gasteiger partial charge in [-0.05, 0) is 23.5 Å². The van der Waals surface area contributed by atoms with E-state index < -0.39 is 30.1 Å². The van der Waals surface area contributed by atoms with Crippen LogP contribution in [0, 0.1) is 17.2 Å². The molecule has 2 aromatic rings. The zero-order chi connectivity index (χ0) is 25.6. The van der Waals surface area contributed by atoms with Gasteiger partial charge in [0.15, 0.2) is 0 Å². The fraction of sp³-hybridized carbons (Fsp3) is 0.429. The Balaban J connectivity index is 1.54. The third kappa shape index (κ3) is 9.41. The van der Waals surface area contributed by atoms with Crippen molar-refractivity contribution in [1.82, 2.24) is 10.6 Å². The van der Waals surface area contributed by atoms with Gasteiger partial charge in [0.2, 0.25) is 5.91 Å². The molecule has 0 bridgehead atoms. The number of nitrogens with zero attached hydrogens (tertiary/aromatic N) is 1. The number of hydrogen-bond donors (Lipinski definition) is 2. The first-order valence-corrected chi connectivity index (χ1v) is 12.4. The summed E-state index contributed by atoms with van der Waals surface area (Å²) >= 11 is 0. The molecule has 0 radical (unpaired) electrons. The number of benzene rings is 2. The Hall–Kier alpha value is -3.86. The Morgan fingerprint density at radius 3 is 2.03 bits per heavy atom. The third-order valence-corrected chi connectivity index (χ3v) is 6.20. The zero-order valence-electron chi connectivity index (χ0n) is 20.4. The van der Waals surface area contributed by atoms with Crippen LogP contribution in [-0.4, -0.2) is 30.1 Å². The molecular formula is C28H33N3O5. The number of carbonyl (C=O) groups excluding carboxylic acids is 3. The Morgan fingerprint density at radius 1 is 0.861 bits per heavy atom. The quantitative estimate of drug-likeness (QED) is 0.450. The molecule has 3 rings (SSSR count). The maximum Gasteiger partial charge on any atom is 0.408 e. The second-order valence-electron chi connectivity index (χ2n) is 9.04. The Bertz CT molecular complexity index is 1020. The van der Waals surface area contributed by atoms with Crippen LogP contribution in [0.15, 0.2) is 60.7 Å². The van der Waals surface area contributed by atoms with Crippen LogP contribution in [0.25, 0.3) is 0 Å². The number of ether oxygens (including phenoxy) is 2. The summed E-state index contributed by atoms with van der Waals surface area (Å²) < 4.78 is 10.5. The number of nitrogens with one attached hydrogen (secondary N) is 2. The normalized spacial score (nSPS) is 15.1. The number of carbonyl (C=O) groups is 3. The number of hydrogen-bond acceptors (Lipinski definition) is 6. The highest BCUT2D eigenvalue weighted by Gasteiger charge is 2.28. The molecule has 2 atom stereocenters. The topological polar surface area (TPSA) is 118 Å². The van der Waals surface area contributed by atoms with E-state index in [9.17, 15) is 19.6 Å². The largest absolute Gasteiger partial charge is 0.461 e. The van der Waals surface area contributed by atoms with E-state index in [1.807, 2.05) is 66.7 Å². The maximum absolute atomic E-state index is 13.1. The van der Waals surface area contributed by atoms with E-state index in [0.717, 1.165) is 36.8 Å². The maximum atomic E-state index is 13.1. The molecular weight excluding hydrogens is 458 g/mol. The highest BCUT2D eigenvalue weighted by atomic mass is 16.5. The van der Waals surface area contributed by atoms with Gasteiger partial charge in [0.25, 0.3) is 0 Å². The van der Waals surface area contributed by atoms with Gasteiger partial charge in [-0.25, -0.2) is 4.79 Å². The number of rotatable bonds is 11. The van der Waals surface area contributed by atoms with Gasteiger partial charge in [-0.15, -0.1) is 0 Å². The summed E-state index contributed by atoms with van der Waals surface area (Å²) in [6.45, 7) is 0.170. The molecule has 8 heteroatoms. The van der Waals surface area contributed by atoms with Crippen molar-refractivity contribution in [2.24, 2.45) is 5.92 Å². The molecule has 36 heavy (non-hydrogen) atoms. The highest BCUT2D eigenvalue weighted by molar-refractivity contribution is 5.86. The smallest absolute Gasteiger partial charge is 0.408 e. The lowest BCUT2D eigenvalue weighted by Crippen LogP contribution is -2.50. The SMILES string of the molecule is N#C[C@H](CC(=O)OCc1ccccc1)NC(=O)[C@H](CC1CCCCC1)NC(=O)OCc1ccccc1. The first-order valence-electron chi connectivity index (χ1n) is 12.4. The number of esters is 1. The van der Waals surface area contributed by atoms with Gasteiger partial charge >= 0.3 is 12.1 Å². The minimum absolute atomic E-state index is 0.0819. The van der Waals surface area contributed by atoms with Crippen LogP contribution in [-0.2, 0) is 32.3 Å². The molecule has 0 aromatic heterocycles. The summed E-state index contributed by atoms with van der Waals surface area (Å²) in [6, 6.07) is 18.5. The predicted octanol–water partition coefficient (Wildman–Crippen LogP) is 4.39. The van der Waals surface area contributed by atoms with Gasteiger partial charge in [-0.2, -0.15) is 5.26 Å². The van der Waals surface area contributed by atoms with Crippen molar-refractivity contribution in [3.05, 3.63) is 71.8 Å². The summed E-state index contributed by atoms with van der Waals surface area (Å²) in [5.74, 6) is -0.815. The molecule has 2 N–H and O–H groups in total. The molecule has 1 saturated carbocycles. The van der Waals surface area contributed by atoms with Crippen LogP contribution >= 0.6 is 0 Å². The van der Waals surface area contributed by atoms with Gasteiger partial charge in [-0.1, -0.05) is 92.8 Å². The van der Waals surface area contributed by atoms with Crippen LogP contribution in [0.4, 0.5) is 4.79 Å². The molecule has 190 valence electrons. The fourth-order valence-corrected chi connectivity index (χ4v) is 4.26. The number of alkyl carbamates (subject to hydrolysis) is 1. The van der Waals surface area contributed by atoms with Crippen LogP contribution in [0.1, 0.15) is 56.1 Å². The van der Waals surface area contributed by atoms with Gasteiger partial charge in [0.1, 0.15) is 25.3 Å². The first kappa shape index (κ1) is 26.7. The van der Waals surface area contributed by atoms with Crippen molar-refractivity contribution in [1.29, 1.82) is 5.26 Å². The lowest BCUT2D eigenvalue weighted by Gasteiger charge is -2.27. The highest BCUT2D eigenvalue weighted by Crippen LogP contribution is 2.27. The molecule has 1 fully saturated rings. The molecule has 2 amide bonds. The lowest BCUT2D eigenvalue weighted by atomic mass is 9.84. The first-order chi connectivity index (χ1) is 17.5. The van der Waals surface area contributed by atoms with Crippen LogP contribution in [0.3, 0.4) is 0 Å². The average molecular weight is 492 g/mol. The van der Waals surface area contributed by atoms with Crippen molar-refractivity contribution < 1.29 is 23.9 Å². The molecule has 0 aliphatic heterocycles. The molecule has 1 aliphatic rings. The second-order valence-corrected chi connectivity index (χ2v) is 9.04. The molecule has 0 spiro atoms. The number of nitriles is 1. The third-order valence-electron chi connectivity index (χ3n) is 6.20. The second kappa shape index (κ2) is 14.5. The van der Waals surface area contributed by atoms with Crippen LogP contribution < -0.4 is 10.6 Å². The van der Waals surface area contributed by atoms with E-state index in [2.05, 4.69) is 10.6 Å². The van der Waals surface area contributed by atoms with Gasteiger partial charge in [-0.3, -0.25) is 9.59 Å². The van der Waals surface area contributed by atoms with E-state index in [1.54, 1.807) is 0 Å². The van der Waals surface area contributed by atoms with Crippen LogP contribution in [0.2, 0.25) is 0 Å². The van der Waals surface area contributed by atoms with E-state index in [-0.39, 0.29) is 19.6 Å². The minimum atomic E-state index is -1.07.